The molecular weight excluding hydrogens is 308 g/mol. The van der Waals surface area contributed by atoms with Crippen LogP contribution in [0.2, 0.25) is 0 Å². The maximum Gasteiger partial charge on any atom is 0.338 e. The number of carbonyl (C=O) groups excluding carboxylic acids is 2. The Morgan fingerprint density at radius 2 is 1.92 bits per heavy atom. The van der Waals surface area contributed by atoms with Crippen LogP contribution in [0.1, 0.15) is 22.8 Å². The second kappa shape index (κ2) is 8.34. The quantitative estimate of drug-likeness (QED) is 0.825. The number of nitrogens with one attached hydrogen (secondary N) is 1. The summed E-state index contributed by atoms with van der Waals surface area (Å²) in [7, 11) is 0. The fraction of sp³-hybridized carbons (Fsp3) is 0.167. The van der Waals surface area contributed by atoms with Crippen LogP contribution < -0.4 is 10.1 Å². The first-order chi connectivity index (χ1) is 11.6. The van der Waals surface area contributed by atoms with Crippen LogP contribution in [-0.2, 0) is 9.53 Å². The van der Waals surface area contributed by atoms with Crippen molar-refractivity contribution in [1.29, 1.82) is 5.26 Å². The van der Waals surface area contributed by atoms with Crippen molar-refractivity contribution in [2.75, 3.05) is 18.5 Å². The lowest BCUT2D eigenvalue weighted by Crippen LogP contribution is -2.20. The maximum absolute atomic E-state index is 11.9. The van der Waals surface area contributed by atoms with Crippen molar-refractivity contribution in [2.45, 2.75) is 6.92 Å². The fourth-order valence-electron chi connectivity index (χ4n) is 1.93. The van der Waals surface area contributed by atoms with Crippen molar-refractivity contribution >= 4 is 17.6 Å². The highest BCUT2D eigenvalue weighted by molar-refractivity contribution is 5.95. The van der Waals surface area contributed by atoms with Gasteiger partial charge in [0.25, 0.3) is 5.91 Å². The van der Waals surface area contributed by atoms with Gasteiger partial charge in [-0.25, -0.2) is 4.79 Å². The summed E-state index contributed by atoms with van der Waals surface area (Å²) < 4.78 is 10.2. The largest absolute Gasteiger partial charge is 0.494 e. The van der Waals surface area contributed by atoms with E-state index in [9.17, 15) is 9.59 Å². The Labute approximate surface area is 139 Å². The number of rotatable bonds is 6. The van der Waals surface area contributed by atoms with Crippen molar-refractivity contribution in [1.82, 2.24) is 0 Å². The third-order valence-electron chi connectivity index (χ3n) is 3.01. The standard InChI is InChI=1S/C18H16N2O4/c1-2-23-16-8-6-14(7-9-16)18(22)24-12-17(21)20-15-5-3-4-13(10-15)11-19/h3-10H,2,12H2,1H3,(H,20,21). The molecule has 0 aliphatic heterocycles. The molecule has 6 heteroatoms. The lowest BCUT2D eigenvalue weighted by molar-refractivity contribution is -0.119. The number of hydrogen-bond donors (Lipinski definition) is 1. The molecule has 0 bridgehead atoms. The van der Waals surface area contributed by atoms with Crippen molar-refractivity contribution < 1.29 is 19.1 Å². The molecule has 1 N–H and O–H groups in total. The van der Waals surface area contributed by atoms with Crippen molar-refractivity contribution in [3.63, 3.8) is 0 Å². The molecule has 24 heavy (non-hydrogen) atoms. The molecule has 1 amide bonds. The molecule has 6 nitrogen and oxygen atoms in total. The van der Waals surface area contributed by atoms with Crippen LogP contribution in [0.15, 0.2) is 48.5 Å². The van der Waals surface area contributed by atoms with Gasteiger partial charge in [-0.1, -0.05) is 6.07 Å². The molecule has 122 valence electrons. The number of nitrogens with zero attached hydrogens (tertiary/aromatic N) is 1. The minimum Gasteiger partial charge on any atom is -0.494 e. The third kappa shape index (κ3) is 4.85. The molecule has 0 heterocycles. The number of nitriles is 1. The van der Waals surface area contributed by atoms with Crippen LogP contribution in [0.3, 0.4) is 0 Å². The number of esters is 1. The summed E-state index contributed by atoms with van der Waals surface area (Å²) in [6, 6.07) is 14.9. The summed E-state index contributed by atoms with van der Waals surface area (Å²) in [5, 5.41) is 11.4. The van der Waals surface area contributed by atoms with Crippen LogP contribution in [0, 0.1) is 11.3 Å². The minimum atomic E-state index is -0.598. The Bertz CT molecular complexity index is 763. The van der Waals surface area contributed by atoms with E-state index in [-0.39, 0.29) is 0 Å². The van der Waals surface area contributed by atoms with Crippen LogP contribution in [-0.4, -0.2) is 25.1 Å². The van der Waals surface area contributed by atoms with Gasteiger partial charge in [-0.2, -0.15) is 5.26 Å². The molecule has 0 spiro atoms. The normalized spacial score (nSPS) is 9.67. The van der Waals surface area contributed by atoms with Crippen LogP contribution in [0.25, 0.3) is 0 Å². The Kier molecular flexibility index (Phi) is 5.92. The lowest BCUT2D eigenvalue weighted by atomic mass is 10.2. The lowest BCUT2D eigenvalue weighted by Gasteiger charge is -2.07. The van der Waals surface area contributed by atoms with Crippen LogP contribution in [0.4, 0.5) is 5.69 Å². The SMILES string of the molecule is CCOc1ccc(C(=O)OCC(=O)Nc2cccc(C#N)c2)cc1. The molecule has 0 fully saturated rings. The van der Waals surface area contributed by atoms with E-state index >= 15 is 0 Å². The van der Waals surface area contributed by atoms with E-state index in [0.717, 1.165) is 0 Å². The fourth-order valence-corrected chi connectivity index (χ4v) is 1.93. The summed E-state index contributed by atoms with van der Waals surface area (Å²) in [6.07, 6.45) is 0. The molecule has 2 aromatic rings. The Morgan fingerprint density at radius 1 is 1.17 bits per heavy atom. The number of ether oxygens (including phenoxy) is 2. The zero-order chi connectivity index (χ0) is 17.4. The smallest absolute Gasteiger partial charge is 0.338 e. The average molecular weight is 324 g/mol. The zero-order valence-electron chi connectivity index (χ0n) is 13.1. The predicted octanol–water partition coefficient (Wildman–Crippen LogP) is 2.75. The van der Waals surface area contributed by atoms with Gasteiger partial charge in [-0.3, -0.25) is 4.79 Å². The molecule has 0 atom stereocenters. The van der Waals surface area contributed by atoms with Gasteiger partial charge in [-0.15, -0.1) is 0 Å². The van der Waals surface area contributed by atoms with Crippen molar-refractivity contribution in [3.8, 4) is 11.8 Å². The molecule has 0 unspecified atom stereocenters. The van der Waals surface area contributed by atoms with Gasteiger partial charge in [0.05, 0.1) is 23.8 Å². The van der Waals surface area contributed by atoms with Gasteiger partial charge in [0.1, 0.15) is 5.75 Å². The molecule has 0 saturated carbocycles. The molecule has 2 rings (SSSR count). The maximum atomic E-state index is 11.9. The number of anilines is 1. The van der Waals surface area contributed by atoms with Gasteiger partial charge < -0.3 is 14.8 Å². The summed E-state index contributed by atoms with van der Waals surface area (Å²) in [5.41, 5.74) is 1.23. The highest BCUT2D eigenvalue weighted by atomic mass is 16.5. The van der Waals surface area contributed by atoms with E-state index in [1.807, 2.05) is 13.0 Å². The van der Waals surface area contributed by atoms with Crippen LogP contribution in [0.5, 0.6) is 5.75 Å². The second-order valence-corrected chi connectivity index (χ2v) is 4.77. The Hall–Kier alpha value is -3.33. The molecule has 0 aliphatic rings. The Balaban J connectivity index is 1.86. The van der Waals surface area contributed by atoms with Gasteiger partial charge in [0.15, 0.2) is 6.61 Å². The highest BCUT2D eigenvalue weighted by Gasteiger charge is 2.10. The van der Waals surface area contributed by atoms with E-state index in [0.29, 0.717) is 29.2 Å². The number of hydrogen-bond acceptors (Lipinski definition) is 5. The molecule has 0 aromatic heterocycles. The average Bonchev–Trinajstić information content (AvgIpc) is 2.61. The van der Waals surface area contributed by atoms with Gasteiger partial charge in [0.2, 0.25) is 0 Å². The number of carbonyl (C=O) groups is 2. The summed E-state index contributed by atoms with van der Waals surface area (Å²) in [6.45, 7) is 1.99. The predicted molar refractivity (Wildman–Crippen MR) is 87.7 cm³/mol. The van der Waals surface area contributed by atoms with Gasteiger partial charge in [0, 0.05) is 5.69 Å². The topological polar surface area (TPSA) is 88.4 Å². The molecule has 0 aliphatic carbocycles. The van der Waals surface area contributed by atoms with Crippen LogP contribution >= 0.6 is 0 Å². The summed E-state index contributed by atoms with van der Waals surface area (Å²) in [5.74, 6) is -0.424. The first-order valence-corrected chi connectivity index (χ1v) is 7.32. The van der Waals surface area contributed by atoms with Crippen molar-refractivity contribution in [3.05, 3.63) is 59.7 Å². The minimum absolute atomic E-state index is 0.331. The number of benzene rings is 2. The highest BCUT2D eigenvalue weighted by Crippen LogP contribution is 2.13. The van der Waals surface area contributed by atoms with E-state index in [2.05, 4.69) is 5.32 Å². The second-order valence-electron chi connectivity index (χ2n) is 4.77. The van der Waals surface area contributed by atoms with Gasteiger partial charge >= 0.3 is 5.97 Å². The monoisotopic (exact) mass is 324 g/mol. The van der Waals surface area contributed by atoms with Gasteiger partial charge in [-0.05, 0) is 49.4 Å². The number of amides is 1. The van der Waals surface area contributed by atoms with E-state index in [1.54, 1.807) is 42.5 Å². The van der Waals surface area contributed by atoms with E-state index in [1.165, 1.54) is 6.07 Å². The van der Waals surface area contributed by atoms with E-state index < -0.39 is 18.5 Å². The van der Waals surface area contributed by atoms with E-state index in [4.69, 9.17) is 14.7 Å². The Morgan fingerprint density at radius 3 is 2.58 bits per heavy atom. The molecular formula is C18H16N2O4. The third-order valence-corrected chi connectivity index (χ3v) is 3.01. The molecule has 0 saturated heterocycles. The molecule has 0 radical (unpaired) electrons. The van der Waals surface area contributed by atoms with Crippen molar-refractivity contribution in [2.24, 2.45) is 0 Å². The molecule has 2 aromatic carbocycles. The first kappa shape index (κ1) is 17.0. The summed E-state index contributed by atoms with van der Waals surface area (Å²) >= 11 is 0. The zero-order valence-corrected chi connectivity index (χ0v) is 13.1. The first-order valence-electron chi connectivity index (χ1n) is 7.32. The summed E-state index contributed by atoms with van der Waals surface area (Å²) in [4.78, 5) is 23.7.